The van der Waals surface area contributed by atoms with Crippen molar-refractivity contribution in [1.82, 2.24) is 9.97 Å². The molecule has 0 saturated carbocycles. The van der Waals surface area contributed by atoms with E-state index in [0.29, 0.717) is 17.5 Å². The lowest BCUT2D eigenvalue weighted by atomic mass is 10.2. The minimum atomic E-state index is 0.508. The van der Waals surface area contributed by atoms with Gasteiger partial charge in [0.05, 0.1) is 12.6 Å². The fraction of sp³-hybridized carbons (Fsp3) is 0.0909. The van der Waals surface area contributed by atoms with Gasteiger partial charge in [-0.1, -0.05) is 41.9 Å². The smallest absolute Gasteiger partial charge is 0.229 e. The van der Waals surface area contributed by atoms with Gasteiger partial charge in [0.1, 0.15) is 11.6 Å². The molecule has 4 rings (SSSR count). The number of fused-ring (bicyclic) bond motifs is 1. The average molecular weight is 391 g/mol. The maximum absolute atomic E-state index is 6.08. The van der Waals surface area contributed by atoms with Crippen molar-refractivity contribution in [3.8, 4) is 5.75 Å². The predicted octanol–water partition coefficient (Wildman–Crippen LogP) is 5.65. The van der Waals surface area contributed by atoms with Crippen LogP contribution in [0.15, 0.2) is 72.8 Å². The highest BCUT2D eigenvalue weighted by molar-refractivity contribution is 6.30. The van der Waals surface area contributed by atoms with Crippen LogP contribution in [-0.4, -0.2) is 17.1 Å². The number of ether oxygens (including phenoxy) is 1. The molecule has 140 valence electrons. The zero-order valence-corrected chi connectivity index (χ0v) is 16.1. The zero-order valence-electron chi connectivity index (χ0n) is 15.3. The summed E-state index contributed by atoms with van der Waals surface area (Å²) in [5, 5.41) is 8.26. The molecule has 6 heteroatoms. The lowest BCUT2D eigenvalue weighted by molar-refractivity contribution is 0.414. The van der Waals surface area contributed by atoms with Crippen LogP contribution in [0.3, 0.4) is 0 Å². The van der Waals surface area contributed by atoms with Gasteiger partial charge in [0, 0.05) is 22.6 Å². The third kappa shape index (κ3) is 4.15. The molecule has 4 aromatic rings. The van der Waals surface area contributed by atoms with Crippen molar-refractivity contribution in [2.24, 2.45) is 0 Å². The van der Waals surface area contributed by atoms with E-state index in [1.54, 1.807) is 7.11 Å². The molecule has 0 radical (unpaired) electrons. The fourth-order valence-corrected chi connectivity index (χ4v) is 3.12. The molecule has 1 aromatic heterocycles. The van der Waals surface area contributed by atoms with Gasteiger partial charge in [-0.15, -0.1) is 0 Å². The number of hydrogen-bond donors (Lipinski definition) is 2. The van der Waals surface area contributed by atoms with Crippen LogP contribution in [-0.2, 0) is 6.54 Å². The molecule has 0 aliphatic rings. The van der Waals surface area contributed by atoms with Crippen molar-refractivity contribution in [3.63, 3.8) is 0 Å². The number of nitrogens with one attached hydrogen (secondary N) is 2. The first-order chi connectivity index (χ1) is 13.7. The summed E-state index contributed by atoms with van der Waals surface area (Å²) >= 11 is 6.08. The highest BCUT2D eigenvalue weighted by atomic mass is 35.5. The number of halogens is 1. The van der Waals surface area contributed by atoms with Gasteiger partial charge in [-0.05, 0) is 48.0 Å². The lowest BCUT2D eigenvalue weighted by Gasteiger charge is -2.12. The first-order valence-electron chi connectivity index (χ1n) is 8.87. The van der Waals surface area contributed by atoms with Gasteiger partial charge in [0.2, 0.25) is 5.95 Å². The Bertz CT molecular complexity index is 1120. The topological polar surface area (TPSA) is 59.1 Å². The van der Waals surface area contributed by atoms with E-state index in [2.05, 4.69) is 20.6 Å². The van der Waals surface area contributed by atoms with E-state index in [4.69, 9.17) is 16.3 Å². The Labute approximate surface area is 168 Å². The monoisotopic (exact) mass is 390 g/mol. The predicted molar refractivity (Wildman–Crippen MR) is 115 cm³/mol. The van der Waals surface area contributed by atoms with Crippen molar-refractivity contribution in [2.45, 2.75) is 6.54 Å². The van der Waals surface area contributed by atoms with Crippen molar-refractivity contribution < 1.29 is 4.74 Å². The van der Waals surface area contributed by atoms with E-state index in [9.17, 15) is 0 Å². The van der Waals surface area contributed by atoms with E-state index >= 15 is 0 Å². The van der Waals surface area contributed by atoms with Crippen LogP contribution in [0.25, 0.3) is 10.9 Å². The summed E-state index contributed by atoms with van der Waals surface area (Å²) in [5.41, 5.74) is 2.79. The van der Waals surface area contributed by atoms with Crippen molar-refractivity contribution in [2.75, 3.05) is 17.7 Å². The third-order valence-electron chi connectivity index (χ3n) is 4.28. The second-order valence-corrected chi connectivity index (χ2v) is 6.69. The van der Waals surface area contributed by atoms with E-state index in [0.717, 1.165) is 33.7 Å². The summed E-state index contributed by atoms with van der Waals surface area (Å²) in [7, 11) is 1.66. The Morgan fingerprint density at radius 3 is 2.64 bits per heavy atom. The molecule has 5 nitrogen and oxygen atoms in total. The molecular formula is C22H19ClN4O. The molecule has 1 heterocycles. The minimum Gasteiger partial charge on any atom is -0.497 e. The first-order valence-corrected chi connectivity index (χ1v) is 9.25. The Hall–Kier alpha value is -3.31. The second kappa shape index (κ2) is 8.15. The maximum Gasteiger partial charge on any atom is 0.229 e. The van der Waals surface area contributed by atoms with Crippen LogP contribution >= 0.6 is 11.6 Å². The molecule has 0 fully saturated rings. The van der Waals surface area contributed by atoms with Gasteiger partial charge >= 0.3 is 0 Å². The number of anilines is 3. The van der Waals surface area contributed by atoms with E-state index < -0.39 is 0 Å². The molecule has 0 amide bonds. The van der Waals surface area contributed by atoms with E-state index in [1.165, 1.54) is 0 Å². The lowest BCUT2D eigenvalue weighted by Crippen LogP contribution is -2.06. The third-order valence-corrected chi connectivity index (χ3v) is 4.51. The van der Waals surface area contributed by atoms with Crippen LogP contribution in [0, 0.1) is 0 Å². The summed E-state index contributed by atoms with van der Waals surface area (Å²) in [5.74, 6) is 2.10. The van der Waals surface area contributed by atoms with Gasteiger partial charge in [-0.3, -0.25) is 0 Å². The first kappa shape index (κ1) is 18.1. The summed E-state index contributed by atoms with van der Waals surface area (Å²) < 4.78 is 5.30. The number of rotatable bonds is 6. The van der Waals surface area contributed by atoms with Crippen molar-refractivity contribution >= 4 is 40.0 Å². The molecule has 0 aliphatic carbocycles. The number of para-hydroxylation sites is 1. The number of nitrogens with zero attached hydrogens (tertiary/aromatic N) is 2. The van der Waals surface area contributed by atoms with E-state index in [-0.39, 0.29) is 0 Å². The van der Waals surface area contributed by atoms with Gasteiger partial charge in [-0.2, -0.15) is 4.98 Å². The van der Waals surface area contributed by atoms with Crippen LogP contribution < -0.4 is 15.4 Å². The summed E-state index contributed by atoms with van der Waals surface area (Å²) in [6, 6.07) is 23.3. The summed E-state index contributed by atoms with van der Waals surface area (Å²) in [4.78, 5) is 9.29. The van der Waals surface area contributed by atoms with Crippen LogP contribution in [0.4, 0.5) is 17.5 Å². The number of aromatic nitrogens is 2. The molecule has 0 aliphatic heterocycles. The van der Waals surface area contributed by atoms with Gasteiger partial charge in [-0.25, -0.2) is 4.98 Å². The largest absolute Gasteiger partial charge is 0.497 e. The molecule has 0 unspecified atom stereocenters. The molecule has 0 spiro atoms. The minimum absolute atomic E-state index is 0.508. The number of methoxy groups -OCH3 is 1. The van der Waals surface area contributed by atoms with Gasteiger partial charge in [0.15, 0.2) is 0 Å². The molecule has 2 N–H and O–H groups in total. The Kier molecular flexibility index (Phi) is 5.26. The molecule has 0 saturated heterocycles. The Balaban J connectivity index is 1.64. The normalized spacial score (nSPS) is 10.6. The highest BCUT2D eigenvalue weighted by Gasteiger charge is 2.08. The van der Waals surface area contributed by atoms with Crippen molar-refractivity contribution in [3.05, 3.63) is 83.4 Å². The number of hydrogen-bond acceptors (Lipinski definition) is 5. The van der Waals surface area contributed by atoms with Crippen LogP contribution in [0.5, 0.6) is 5.75 Å². The van der Waals surface area contributed by atoms with E-state index in [1.807, 2.05) is 72.8 Å². The number of benzene rings is 3. The quantitative estimate of drug-likeness (QED) is 0.445. The van der Waals surface area contributed by atoms with Gasteiger partial charge in [0.25, 0.3) is 0 Å². The highest BCUT2D eigenvalue weighted by Crippen LogP contribution is 2.25. The second-order valence-electron chi connectivity index (χ2n) is 6.25. The molecule has 3 aromatic carbocycles. The van der Waals surface area contributed by atoms with Gasteiger partial charge < -0.3 is 15.4 Å². The van der Waals surface area contributed by atoms with Crippen LogP contribution in [0.2, 0.25) is 5.02 Å². The van der Waals surface area contributed by atoms with Crippen LogP contribution in [0.1, 0.15) is 5.56 Å². The summed E-state index contributed by atoms with van der Waals surface area (Å²) in [6.07, 6.45) is 0. The zero-order chi connectivity index (χ0) is 19.3. The Morgan fingerprint density at radius 1 is 0.929 bits per heavy atom. The van der Waals surface area contributed by atoms with Crippen molar-refractivity contribution in [1.29, 1.82) is 0 Å². The maximum atomic E-state index is 6.08. The molecule has 0 atom stereocenters. The SMILES string of the molecule is COc1cccc(CNc2nc(Nc3cccc(Cl)c3)nc3ccccc23)c1. The molecular weight excluding hydrogens is 372 g/mol. The Morgan fingerprint density at radius 2 is 1.79 bits per heavy atom. The fourth-order valence-electron chi connectivity index (χ4n) is 2.93. The molecule has 0 bridgehead atoms. The average Bonchev–Trinajstić information content (AvgIpc) is 2.72. The molecule has 28 heavy (non-hydrogen) atoms. The summed E-state index contributed by atoms with van der Waals surface area (Å²) in [6.45, 7) is 0.620. The standard InChI is InChI=1S/C22H19ClN4O/c1-28-18-9-4-6-15(12-18)14-24-21-19-10-2-3-11-20(19)26-22(27-21)25-17-8-5-7-16(23)13-17/h2-13H,14H2,1H3,(H2,24,25,26,27).